The lowest BCUT2D eigenvalue weighted by Gasteiger charge is -2.26. The summed E-state index contributed by atoms with van der Waals surface area (Å²) in [4.78, 5) is 50.0. The number of halogens is 1. The van der Waals surface area contributed by atoms with E-state index in [1.165, 1.54) is 36.4 Å². The van der Waals surface area contributed by atoms with Crippen molar-refractivity contribution in [3.05, 3.63) is 101 Å². The number of benzene rings is 3. The zero-order valence-electron chi connectivity index (χ0n) is 17.5. The number of nitrogens with zero attached hydrogens (tertiary/aromatic N) is 1. The second-order valence-corrected chi connectivity index (χ2v) is 7.27. The number of amides is 4. The van der Waals surface area contributed by atoms with Crippen LogP contribution < -0.4 is 15.0 Å². The first-order chi connectivity index (χ1) is 16.3. The fourth-order valence-electron chi connectivity index (χ4n) is 3.31. The summed E-state index contributed by atoms with van der Waals surface area (Å²) < 4.78 is 18.9. The number of imide groups is 2. The van der Waals surface area contributed by atoms with Crippen LogP contribution in [0.5, 0.6) is 5.75 Å². The molecule has 4 amide bonds. The first kappa shape index (κ1) is 22.4. The van der Waals surface area contributed by atoms with Crippen LogP contribution in [-0.4, -0.2) is 28.9 Å². The molecule has 0 spiro atoms. The first-order valence-corrected chi connectivity index (χ1v) is 10.0. The van der Waals surface area contributed by atoms with Crippen molar-refractivity contribution in [2.45, 2.75) is 6.61 Å². The molecule has 0 radical (unpaired) electrons. The monoisotopic (exact) mass is 460 g/mol. The number of carbonyl (C=O) groups excluding carboxylic acids is 3. The minimum Gasteiger partial charge on any atom is -0.488 e. The van der Waals surface area contributed by atoms with Gasteiger partial charge in [-0.3, -0.25) is 14.9 Å². The van der Waals surface area contributed by atoms with Crippen LogP contribution in [0.25, 0.3) is 6.08 Å². The zero-order chi connectivity index (χ0) is 24.2. The minimum atomic E-state index is -1.26. The second-order valence-electron chi connectivity index (χ2n) is 7.27. The Morgan fingerprint density at radius 1 is 1.00 bits per heavy atom. The van der Waals surface area contributed by atoms with Crippen LogP contribution in [0.3, 0.4) is 0 Å². The van der Waals surface area contributed by atoms with Crippen LogP contribution in [0.1, 0.15) is 21.5 Å². The van der Waals surface area contributed by atoms with Gasteiger partial charge >= 0.3 is 12.0 Å². The van der Waals surface area contributed by atoms with Gasteiger partial charge in [0.1, 0.15) is 29.3 Å². The fraction of sp³-hybridized carbons (Fsp3) is 0.0400. The summed E-state index contributed by atoms with van der Waals surface area (Å²) >= 11 is 0. The topological polar surface area (TPSA) is 113 Å². The molecule has 9 heteroatoms. The Morgan fingerprint density at radius 3 is 2.38 bits per heavy atom. The van der Waals surface area contributed by atoms with E-state index in [1.54, 1.807) is 0 Å². The van der Waals surface area contributed by atoms with Crippen molar-refractivity contribution in [1.82, 2.24) is 5.32 Å². The number of hydrogen-bond donors (Lipinski definition) is 2. The highest BCUT2D eigenvalue weighted by Gasteiger charge is 2.36. The molecule has 0 atom stereocenters. The van der Waals surface area contributed by atoms with Crippen LogP contribution in [0.2, 0.25) is 0 Å². The molecular weight excluding hydrogens is 443 g/mol. The Balaban J connectivity index is 1.63. The standard InChI is InChI=1S/C25H17FN2O6/c26-17-7-9-18(10-8-17)28-23(30)20(22(29)27-25(28)33)13-16-6-11-21(19(12-16)24(31)32)34-14-15-4-2-1-3-5-15/h1-13H,14H2,(H,31,32)(H,27,29,33). The lowest BCUT2D eigenvalue weighted by Crippen LogP contribution is -2.54. The molecule has 1 heterocycles. The van der Waals surface area contributed by atoms with Gasteiger partial charge in [-0.1, -0.05) is 36.4 Å². The van der Waals surface area contributed by atoms with E-state index in [2.05, 4.69) is 5.32 Å². The van der Waals surface area contributed by atoms with E-state index < -0.39 is 35.2 Å². The highest BCUT2D eigenvalue weighted by atomic mass is 19.1. The van der Waals surface area contributed by atoms with Gasteiger partial charge in [-0.25, -0.2) is 18.9 Å². The summed E-state index contributed by atoms with van der Waals surface area (Å²) in [5, 5.41) is 11.7. The summed E-state index contributed by atoms with van der Waals surface area (Å²) in [6.45, 7) is 0.150. The molecule has 0 unspecified atom stereocenters. The average molecular weight is 460 g/mol. The molecule has 34 heavy (non-hydrogen) atoms. The third-order valence-corrected chi connectivity index (χ3v) is 4.97. The van der Waals surface area contributed by atoms with E-state index in [-0.39, 0.29) is 29.2 Å². The summed E-state index contributed by atoms with van der Waals surface area (Å²) in [5.74, 6) is -3.57. The maximum absolute atomic E-state index is 13.2. The highest BCUT2D eigenvalue weighted by Crippen LogP contribution is 2.25. The number of carboxylic acids is 1. The van der Waals surface area contributed by atoms with Crippen molar-refractivity contribution in [3.8, 4) is 5.75 Å². The van der Waals surface area contributed by atoms with E-state index in [4.69, 9.17) is 4.74 Å². The third-order valence-electron chi connectivity index (χ3n) is 4.97. The summed E-state index contributed by atoms with van der Waals surface area (Å²) in [6, 6.07) is 17.0. The SMILES string of the molecule is O=C1NC(=O)N(c2ccc(F)cc2)C(=O)C1=Cc1ccc(OCc2ccccc2)c(C(=O)O)c1. The third kappa shape index (κ3) is 4.68. The van der Waals surface area contributed by atoms with E-state index >= 15 is 0 Å². The van der Waals surface area contributed by atoms with Gasteiger partial charge in [-0.05, 0) is 53.6 Å². The molecule has 1 saturated heterocycles. The summed E-state index contributed by atoms with van der Waals surface area (Å²) in [5.41, 5.74) is 0.591. The first-order valence-electron chi connectivity index (χ1n) is 10.0. The van der Waals surface area contributed by atoms with Gasteiger partial charge in [0, 0.05) is 0 Å². The molecule has 4 rings (SSSR count). The Morgan fingerprint density at radius 2 is 1.71 bits per heavy atom. The molecule has 1 aliphatic rings. The number of barbiturate groups is 1. The number of rotatable bonds is 6. The van der Waals surface area contributed by atoms with Crippen molar-refractivity contribution in [1.29, 1.82) is 0 Å². The number of anilines is 1. The smallest absolute Gasteiger partial charge is 0.339 e. The number of aromatic carboxylic acids is 1. The number of hydrogen-bond acceptors (Lipinski definition) is 5. The van der Waals surface area contributed by atoms with Crippen LogP contribution in [0.4, 0.5) is 14.9 Å². The number of carboxylic acid groups (broad SMARTS) is 1. The van der Waals surface area contributed by atoms with Gasteiger partial charge in [0.2, 0.25) is 0 Å². The van der Waals surface area contributed by atoms with Gasteiger partial charge in [0.15, 0.2) is 0 Å². The number of nitrogens with one attached hydrogen (secondary N) is 1. The van der Waals surface area contributed by atoms with E-state index in [0.717, 1.165) is 17.7 Å². The largest absolute Gasteiger partial charge is 0.488 e. The molecule has 170 valence electrons. The Bertz CT molecular complexity index is 1320. The Kier molecular flexibility index (Phi) is 6.18. The quantitative estimate of drug-likeness (QED) is 0.428. The molecule has 1 aliphatic heterocycles. The van der Waals surface area contributed by atoms with Gasteiger partial charge in [-0.2, -0.15) is 0 Å². The van der Waals surface area contributed by atoms with E-state index in [0.29, 0.717) is 4.90 Å². The number of carbonyl (C=O) groups is 4. The molecule has 8 nitrogen and oxygen atoms in total. The van der Waals surface area contributed by atoms with E-state index in [9.17, 15) is 28.7 Å². The molecule has 0 bridgehead atoms. The highest BCUT2D eigenvalue weighted by molar-refractivity contribution is 6.39. The molecule has 3 aromatic rings. The molecule has 1 fully saturated rings. The average Bonchev–Trinajstić information content (AvgIpc) is 2.82. The van der Waals surface area contributed by atoms with Gasteiger partial charge < -0.3 is 9.84 Å². The zero-order valence-corrected chi connectivity index (χ0v) is 17.5. The Labute approximate surface area is 192 Å². The van der Waals surface area contributed by atoms with Crippen molar-refractivity contribution < 1.29 is 33.4 Å². The van der Waals surface area contributed by atoms with Crippen LogP contribution in [0, 0.1) is 5.82 Å². The maximum Gasteiger partial charge on any atom is 0.339 e. The number of ether oxygens (including phenoxy) is 1. The normalized spacial score (nSPS) is 14.8. The molecular formula is C25H17FN2O6. The van der Waals surface area contributed by atoms with Gasteiger partial charge in [0.05, 0.1) is 5.69 Å². The summed E-state index contributed by atoms with van der Waals surface area (Å²) in [6.07, 6.45) is 1.17. The van der Waals surface area contributed by atoms with Gasteiger partial charge in [-0.15, -0.1) is 0 Å². The van der Waals surface area contributed by atoms with Crippen molar-refractivity contribution in [2.24, 2.45) is 0 Å². The lowest BCUT2D eigenvalue weighted by atomic mass is 10.0. The predicted octanol–water partition coefficient (Wildman–Crippen LogP) is 3.77. The molecule has 2 N–H and O–H groups in total. The molecule has 3 aromatic carbocycles. The maximum atomic E-state index is 13.2. The molecule has 0 aromatic heterocycles. The second kappa shape index (κ2) is 9.37. The lowest BCUT2D eigenvalue weighted by molar-refractivity contribution is -0.122. The predicted molar refractivity (Wildman–Crippen MR) is 120 cm³/mol. The van der Waals surface area contributed by atoms with Crippen molar-refractivity contribution in [3.63, 3.8) is 0 Å². The van der Waals surface area contributed by atoms with Crippen molar-refractivity contribution in [2.75, 3.05) is 4.90 Å². The summed E-state index contributed by atoms with van der Waals surface area (Å²) in [7, 11) is 0. The van der Waals surface area contributed by atoms with Gasteiger partial charge in [0.25, 0.3) is 11.8 Å². The van der Waals surface area contributed by atoms with E-state index in [1.807, 2.05) is 30.3 Å². The molecule has 0 saturated carbocycles. The minimum absolute atomic E-state index is 0.0678. The van der Waals surface area contributed by atoms with Crippen LogP contribution in [-0.2, 0) is 16.2 Å². The fourth-order valence-corrected chi connectivity index (χ4v) is 3.31. The molecule has 0 aliphatic carbocycles. The van der Waals surface area contributed by atoms with Crippen LogP contribution >= 0.6 is 0 Å². The Hall–Kier alpha value is -4.79. The van der Waals surface area contributed by atoms with Crippen molar-refractivity contribution >= 4 is 35.6 Å². The number of urea groups is 1. The van der Waals surface area contributed by atoms with Crippen LogP contribution in [0.15, 0.2) is 78.4 Å².